The van der Waals surface area contributed by atoms with Crippen LogP contribution in [-0.2, 0) is 25.0 Å². The molecule has 0 saturated carbocycles. The van der Waals surface area contributed by atoms with Crippen molar-refractivity contribution in [3.63, 3.8) is 0 Å². The van der Waals surface area contributed by atoms with E-state index in [-0.39, 0.29) is 18.6 Å². The molecular weight excluding hydrogens is 208 g/mol. The van der Waals surface area contributed by atoms with Gasteiger partial charge in [-0.2, -0.15) is 0 Å². The Hall–Kier alpha value is -0.910. The van der Waals surface area contributed by atoms with Gasteiger partial charge in [0.2, 0.25) is 0 Å². The quantitative estimate of drug-likeness (QED) is 0.381. The van der Waals surface area contributed by atoms with Crippen molar-refractivity contribution in [3.8, 4) is 0 Å². The maximum absolute atomic E-state index is 11.3. The van der Waals surface area contributed by atoms with Gasteiger partial charge in [-0.05, 0) is 13.3 Å². The molecule has 0 aromatic rings. The van der Waals surface area contributed by atoms with Crippen molar-refractivity contribution in [2.24, 2.45) is 5.41 Å². The summed E-state index contributed by atoms with van der Waals surface area (Å²) in [7, 11) is -1.47. The Morgan fingerprint density at radius 3 is 2.43 bits per heavy atom. The van der Waals surface area contributed by atoms with E-state index in [1.165, 1.54) is 14.0 Å². The maximum Gasteiger partial charge on any atom is 0.312 e. The molecule has 0 amide bonds. The summed E-state index contributed by atoms with van der Waals surface area (Å²) in [5.41, 5.74) is -1.11. The largest absolute Gasteiger partial charge is 0.469 e. The molecule has 1 unspecified atom stereocenters. The highest BCUT2D eigenvalue weighted by atomic mass is 32.2. The maximum atomic E-state index is 11.3. The topological polar surface area (TPSA) is 77.5 Å². The van der Waals surface area contributed by atoms with Crippen molar-refractivity contribution in [1.29, 1.82) is 0 Å². The summed E-state index contributed by atoms with van der Waals surface area (Å²) < 4.78 is 25.6. The first-order chi connectivity index (χ1) is 6.46. The highest BCUT2D eigenvalue weighted by Gasteiger charge is 2.34. The smallest absolute Gasteiger partial charge is 0.312 e. The van der Waals surface area contributed by atoms with Crippen molar-refractivity contribution in [1.82, 2.24) is 0 Å². The van der Waals surface area contributed by atoms with E-state index in [4.69, 9.17) is 0 Å². The number of rotatable bonds is 6. The van der Waals surface area contributed by atoms with Gasteiger partial charge in [0, 0.05) is 6.42 Å². The highest BCUT2D eigenvalue weighted by Crippen LogP contribution is 2.24. The van der Waals surface area contributed by atoms with Crippen LogP contribution in [0.25, 0.3) is 0 Å². The minimum absolute atomic E-state index is 0.148. The Balaban J connectivity index is 4.64. The normalized spacial score (nSPS) is 14.8. The van der Waals surface area contributed by atoms with Gasteiger partial charge < -0.3 is 9.53 Å². The van der Waals surface area contributed by atoms with Crippen LogP contribution in [0.1, 0.15) is 19.8 Å². The van der Waals surface area contributed by atoms with E-state index in [0.717, 1.165) is 0 Å². The van der Waals surface area contributed by atoms with E-state index < -0.39 is 22.1 Å². The molecular formula is C8H14O5S. The van der Waals surface area contributed by atoms with Crippen LogP contribution in [-0.4, -0.2) is 33.5 Å². The van der Waals surface area contributed by atoms with Gasteiger partial charge in [-0.1, -0.05) is 0 Å². The number of carbonyl (C=O) groups is 2. The van der Waals surface area contributed by atoms with Crippen LogP contribution in [0, 0.1) is 5.41 Å². The van der Waals surface area contributed by atoms with Gasteiger partial charge in [-0.25, -0.2) is 8.42 Å². The Labute approximate surface area is 84.4 Å². The summed E-state index contributed by atoms with van der Waals surface area (Å²) in [6, 6.07) is 0. The average molecular weight is 222 g/mol. The van der Waals surface area contributed by atoms with Gasteiger partial charge in [0.25, 0.3) is 0 Å². The van der Waals surface area contributed by atoms with Gasteiger partial charge in [0.05, 0.1) is 18.3 Å². The summed E-state index contributed by atoms with van der Waals surface area (Å²) in [6.07, 6.45) is 0.986. The SMILES string of the molecule is COC(=O)C(C)(CCC=O)C[SH](=O)=O. The molecule has 0 aromatic carbocycles. The Morgan fingerprint density at radius 2 is 2.07 bits per heavy atom. The van der Waals surface area contributed by atoms with Crippen LogP contribution in [0.3, 0.4) is 0 Å². The lowest BCUT2D eigenvalue weighted by Gasteiger charge is -2.22. The van der Waals surface area contributed by atoms with Gasteiger partial charge in [0.15, 0.2) is 0 Å². The lowest BCUT2D eigenvalue weighted by molar-refractivity contribution is -0.150. The van der Waals surface area contributed by atoms with Gasteiger partial charge >= 0.3 is 5.97 Å². The monoisotopic (exact) mass is 222 g/mol. The van der Waals surface area contributed by atoms with Crippen molar-refractivity contribution in [2.45, 2.75) is 19.8 Å². The fourth-order valence-electron chi connectivity index (χ4n) is 1.15. The number of hydrogen-bond donors (Lipinski definition) is 1. The number of hydrogen-bond acceptors (Lipinski definition) is 5. The molecule has 0 aliphatic heterocycles. The summed E-state index contributed by atoms with van der Waals surface area (Å²) in [4.78, 5) is 21.4. The first-order valence-electron chi connectivity index (χ1n) is 4.10. The lowest BCUT2D eigenvalue weighted by atomic mass is 9.88. The van der Waals surface area contributed by atoms with Gasteiger partial charge in [0.1, 0.15) is 17.0 Å². The molecule has 0 radical (unpaired) electrons. The second-order valence-electron chi connectivity index (χ2n) is 3.25. The second kappa shape index (κ2) is 5.74. The van der Waals surface area contributed by atoms with E-state index in [9.17, 15) is 18.0 Å². The zero-order valence-electron chi connectivity index (χ0n) is 8.19. The van der Waals surface area contributed by atoms with Crippen molar-refractivity contribution in [3.05, 3.63) is 0 Å². The molecule has 5 nitrogen and oxygen atoms in total. The molecule has 0 aliphatic carbocycles. The van der Waals surface area contributed by atoms with E-state index >= 15 is 0 Å². The molecule has 0 rings (SSSR count). The number of aldehydes is 1. The van der Waals surface area contributed by atoms with Gasteiger partial charge in [-0.15, -0.1) is 0 Å². The molecule has 0 spiro atoms. The summed E-state index contributed by atoms with van der Waals surface area (Å²) in [5.74, 6) is -0.887. The van der Waals surface area contributed by atoms with E-state index in [1.54, 1.807) is 0 Å². The van der Waals surface area contributed by atoms with Crippen LogP contribution in [0.5, 0.6) is 0 Å². The number of ether oxygens (including phenoxy) is 1. The van der Waals surface area contributed by atoms with Crippen LogP contribution in [0.15, 0.2) is 0 Å². The molecule has 0 saturated heterocycles. The van der Waals surface area contributed by atoms with Gasteiger partial charge in [-0.3, -0.25) is 4.79 Å². The van der Waals surface area contributed by atoms with E-state index in [2.05, 4.69) is 4.74 Å². The number of carbonyl (C=O) groups excluding carboxylic acids is 2. The fourth-order valence-corrected chi connectivity index (χ4v) is 2.01. The fraction of sp³-hybridized carbons (Fsp3) is 0.750. The van der Waals surface area contributed by atoms with Crippen molar-refractivity contribution < 1.29 is 22.7 Å². The molecule has 0 fully saturated rings. The Bertz CT molecular complexity index is 275. The Kier molecular flexibility index (Phi) is 5.37. The molecule has 0 N–H and O–H groups in total. The number of thiol groups is 1. The third kappa shape index (κ3) is 3.87. The molecule has 6 heteroatoms. The summed E-state index contributed by atoms with van der Waals surface area (Å²) in [6.45, 7) is 1.48. The number of esters is 1. The van der Waals surface area contributed by atoms with Crippen molar-refractivity contribution in [2.75, 3.05) is 12.9 Å². The Morgan fingerprint density at radius 1 is 1.50 bits per heavy atom. The third-order valence-corrected chi connectivity index (χ3v) is 2.93. The molecule has 0 aliphatic rings. The second-order valence-corrected chi connectivity index (χ2v) is 4.23. The molecule has 0 bridgehead atoms. The van der Waals surface area contributed by atoms with E-state index in [0.29, 0.717) is 6.29 Å². The number of methoxy groups -OCH3 is 1. The first kappa shape index (κ1) is 13.1. The van der Waals surface area contributed by atoms with Crippen molar-refractivity contribution >= 4 is 23.0 Å². The molecule has 82 valence electrons. The van der Waals surface area contributed by atoms with E-state index in [1.807, 2.05) is 0 Å². The molecule has 1 atom stereocenters. The first-order valence-corrected chi connectivity index (χ1v) is 5.46. The molecule has 0 heterocycles. The molecule has 0 aromatic heterocycles. The standard InChI is InChI=1S/C8H14O5S/c1-8(4-3-5-9,6-14(11)12)7(10)13-2/h5,14H,3-4,6H2,1-2H3. The predicted molar refractivity (Wildman–Crippen MR) is 50.6 cm³/mol. The highest BCUT2D eigenvalue weighted by molar-refractivity contribution is 7.72. The minimum atomic E-state index is -2.66. The lowest BCUT2D eigenvalue weighted by Crippen LogP contribution is -2.33. The minimum Gasteiger partial charge on any atom is -0.469 e. The van der Waals surface area contributed by atoms with Crippen LogP contribution >= 0.6 is 0 Å². The zero-order chi connectivity index (χ0) is 11.2. The van der Waals surface area contributed by atoms with Crippen LogP contribution in [0.2, 0.25) is 0 Å². The van der Waals surface area contributed by atoms with Crippen LogP contribution in [0.4, 0.5) is 0 Å². The molecule has 14 heavy (non-hydrogen) atoms. The van der Waals surface area contributed by atoms with Crippen LogP contribution < -0.4 is 0 Å². The predicted octanol–water partition coefficient (Wildman–Crippen LogP) is -0.244. The zero-order valence-corrected chi connectivity index (χ0v) is 9.08. The average Bonchev–Trinajstić information content (AvgIpc) is 2.12. The summed E-state index contributed by atoms with van der Waals surface area (Å²) in [5, 5.41) is 0. The third-order valence-electron chi connectivity index (χ3n) is 1.97. The summed E-state index contributed by atoms with van der Waals surface area (Å²) >= 11 is 0.